The molecule has 0 spiro atoms. The summed E-state index contributed by atoms with van der Waals surface area (Å²) < 4.78 is 32.2. The first-order chi connectivity index (χ1) is 13.3. The number of aliphatic hydroxyl groups is 1. The van der Waals surface area contributed by atoms with Gasteiger partial charge in [-0.05, 0) is 30.7 Å². The molecule has 1 heterocycles. The number of esters is 1. The van der Waals surface area contributed by atoms with Crippen molar-refractivity contribution in [2.24, 2.45) is 0 Å². The number of nitrogens with zero attached hydrogens (tertiary/aromatic N) is 1. The number of halogens is 2. The molecule has 3 N–H and O–H groups in total. The van der Waals surface area contributed by atoms with Crippen LogP contribution in [0, 0.1) is 0 Å². The van der Waals surface area contributed by atoms with Crippen LogP contribution in [0.3, 0.4) is 0 Å². The van der Waals surface area contributed by atoms with Crippen LogP contribution in [0.5, 0.6) is 0 Å². The molecule has 0 unspecified atom stereocenters. The maximum absolute atomic E-state index is 13.2. The number of hydrogen-bond donors (Lipinski definition) is 2. The van der Waals surface area contributed by atoms with Gasteiger partial charge < -0.3 is 15.6 Å². The van der Waals surface area contributed by atoms with Crippen molar-refractivity contribution < 1.29 is 23.4 Å². The number of ether oxygens (including phenoxy) is 1. The third kappa shape index (κ3) is 3.22. The van der Waals surface area contributed by atoms with Gasteiger partial charge in [-0.3, -0.25) is 9.36 Å². The van der Waals surface area contributed by atoms with Crippen molar-refractivity contribution in [1.29, 1.82) is 0 Å². The fourth-order valence-electron chi connectivity index (χ4n) is 3.03. The molecule has 6 nitrogen and oxygen atoms in total. The number of benzene rings is 2. The van der Waals surface area contributed by atoms with Gasteiger partial charge in [0.1, 0.15) is 5.56 Å². The van der Waals surface area contributed by atoms with Crippen molar-refractivity contribution in [2.45, 2.75) is 19.5 Å². The molecule has 0 saturated heterocycles. The van der Waals surface area contributed by atoms with Crippen LogP contribution in [0.15, 0.2) is 47.3 Å². The highest BCUT2D eigenvalue weighted by Gasteiger charge is 2.23. The lowest BCUT2D eigenvalue weighted by molar-refractivity contribution is 0.0599. The number of aromatic nitrogens is 1. The standard InChI is InChI=1S/C20H18F2N2O4/c1-10(25)11-3-6-13(7-4-11)24-15-9-12(18(21)22)5-8-14(15)17(23)16(19(24)26)20(27)28-2/h3-10,18,25H,23H2,1-2H3/t10-/m1/s1. The van der Waals surface area contributed by atoms with Crippen molar-refractivity contribution in [1.82, 2.24) is 4.57 Å². The summed E-state index contributed by atoms with van der Waals surface area (Å²) >= 11 is 0. The van der Waals surface area contributed by atoms with Gasteiger partial charge in [0.25, 0.3) is 12.0 Å². The number of pyridine rings is 1. The van der Waals surface area contributed by atoms with E-state index < -0.39 is 24.1 Å². The summed E-state index contributed by atoms with van der Waals surface area (Å²) in [6, 6.07) is 10.0. The highest BCUT2D eigenvalue weighted by Crippen LogP contribution is 2.29. The number of rotatable bonds is 4. The van der Waals surface area contributed by atoms with E-state index >= 15 is 0 Å². The molecule has 0 aliphatic heterocycles. The van der Waals surface area contributed by atoms with E-state index in [1.54, 1.807) is 31.2 Å². The maximum atomic E-state index is 13.2. The largest absolute Gasteiger partial charge is 0.465 e. The highest BCUT2D eigenvalue weighted by atomic mass is 19.3. The predicted octanol–water partition coefficient (Wildman–Crippen LogP) is 3.35. The lowest BCUT2D eigenvalue weighted by atomic mass is 10.0. The maximum Gasteiger partial charge on any atom is 0.345 e. The molecule has 28 heavy (non-hydrogen) atoms. The van der Waals surface area contributed by atoms with Crippen LogP contribution in [0.25, 0.3) is 16.6 Å². The molecular weight excluding hydrogens is 370 g/mol. The van der Waals surface area contributed by atoms with E-state index in [1.807, 2.05) is 0 Å². The second-order valence-corrected chi connectivity index (χ2v) is 6.27. The minimum Gasteiger partial charge on any atom is -0.465 e. The summed E-state index contributed by atoms with van der Waals surface area (Å²) in [7, 11) is 1.12. The molecule has 8 heteroatoms. The zero-order valence-electron chi connectivity index (χ0n) is 15.1. The molecule has 1 aromatic heterocycles. The highest BCUT2D eigenvalue weighted by molar-refractivity contribution is 6.04. The van der Waals surface area contributed by atoms with Crippen molar-refractivity contribution in [3.63, 3.8) is 0 Å². The monoisotopic (exact) mass is 388 g/mol. The number of nitrogens with two attached hydrogens (primary N) is 1. The first-order valence-electron chi connectivity index (χ1n) is 8.39. The summed E-state index contributed by atoms with van der Waals surface area (Å²) in [5.74, 6) is -0.920. The summed E-state index contributed by atoms with van der Waals surface area (Å²) in [4.78, 5) is 25.2. The Morgan fingerprint density at radius 1 is 1.14 bits per heavy atom. The SMILES string of the molecule is COC(=O)c1c(N)c2ccc(C(F)F)cc2n(-c2ccc([C@@H](C)O)cc2)c1=O. The number of nitrogen functional groups attached to an aromatic ring is 1. The molecular formula is C20H18F2N2O4. The van der Waals surface area contributed by atoms with E-state index in [2.05, 4.69) is 4.74 Å². The quantitative estimate of drug-likeness (QED) is 0.669. The van der Waals surface area contributed by atoms with Crippen LogP contribution in [0.4, 0.5) is 14.5 Å². The molecule has 0 aliphatic carbocycles. The van der Waals surface area contributed by atoms with Gasteiger partial charge in [0.05, 0.1) is 24.4 Å². The molecule has 0 radical (unpaired) electrons. The Labute approximate surface area is 158 Å². The van der Waals surface area contributed by atoms with Gasteiger partial charge in [-0.15, -0.1) is 0 Å². The number of hydrogen-bond acceptors (Lipinski definition) is 5. The van der Waals surface area contributed by atoms with Gasteiger partial charge in [-0.2, -0.15) is 0 Å². The molecule has 146 valence electrons. The molecule has 0 bridgehead atoms. The van der Waals surface area contributed by atoms with Crippen LogP contribution in [0.1, 0.15) is 40.9 Å². The lowest BCUT2D eigenvalue weighted by Crippen LogP contribution is -2.28. The van der Waals surface area contributed by atoms with Crippen LogP contribution in [-0.2, 0) is 4.74 Å². The first-order valence-corrected chi connectivity index (χ1v) is 8.39. The first kappa shape index (κ1) is 19.5. The van der Waals surface area contributed by atoms with Crippen LogP contribution in [0.2, 0.25) is 0 Å². The van der Waals surface area contributed by atoms with E-state index in [9.17, 15) is 23.5 Å². The van der Waals surface area contributed by atoms with E-state index in [0.29, 0.717) is 11.3 Å². The fourth-order valence-corrected chi connectivity index (χ4v) is 3.03. The Balaban J connectivity index is 2.42. The molecule has 0 aliphatic rings. The molecule has 1 atom stereocenters. The smallest absolute Gasteiger partial charge is 0.345 e. The Morgan fingerprint density at radius 3 is 2.29 bits per heavy atom. The van der Waals surface area contributed by atoms with Crippen LogP contribution < -0.4 is 11.3 Å². The lowest BCUT2D eigenvalue weighted by Gasteiger charge is -2.16. The van der Waals surface area contributed by atoms with E-state index in [-0.39, 0.29) is 27.7 Å². The van der Waals surface area contributed by atoms with Crippen molar-refractivity contribution in [3.8, 4) is 5.69 Å². The third-order valence-electron chi connectivity index (χ3n) is 4.51. The fraction of sp³-hybridized carbons (Fsp3) is 0.200. The third-order valence-corrected chi connectivity index (χ3v) is 4.51. The number of fused-ring (bicyclic) bond motifs is 1. The Morgan fingerprint density at radius 2 is 1.75 bits per heavy atom. The average Bonchev–Trinajstić information content (AvgIpc) is 2.67. The van der Waals surface area contributed by atoms with Crippen LogP contribution >= 0.6 is 0 Å². The van der Waals surface area contributed by atoms with Gasteiger partial charge in [-0.1, -0.05) is 24.3 Å². The number of methoxy groups -OCH3 is 1. The number of aliphatic hydroxyl groups excluding tert-OH is 1. The van der Waals surface area contributed by atoms with Gasteiger partial charge in [-0.25, -0.2) is 13.6 Å². The van der Waals surface area contributed by atoms with Crippen LogP contribution in [-0.4, -0.2) is 22.8 Å². The molecule has 2 aromatic carbocycles. The van der Waals surface area contributed by atoms with Gasteiger partial charge in [0, 0.05) is 16.6 Å². The number of carbonyl (C=O) groups excluding carboxylic acids is 1. The minimum absolute atomic E-state index is 0.135. The minimum atomic E-state index is -2.74. The Bertz CT molecular complexity index is 1110. The second kappa shape index (κ2) is 7.40. The zero-order chi connectivity index (χ0) is 20.6. The van der Waals surface area contributed by atoms with E-state index in [1.165, 1.54) is 18.2 Å². The normalized spacial score (nSPS) is 12.4. The molecule has 0 amide bonds. The summed E-state index contributed by atoms with van der Waals surface area (Å²) in [6.07, 6.45) is -3.46. The summed E-state index contributed by atoms with van der Waals surface area (Å²) in [6.45, 7) is 1.59. The van der Waals surface area contributed by atoms with Gasteiger partial charge >= 0.3 is 5.97 Å². The zero-order valence-corrected chi connectivity index (χ0v) is 15.1. The molecule has 0 saturated carbocycles. The van der Waals surface area contributed by atoms with Crippen molar-refractivity contribution in [2.75, 3.05) is 12.8 Å². The average molecular weight is 388 g/mol. The number of anilines is 1. The number of carbonyl (C=O) groups is 1. The second-order valence-electron chi connectivity index (χ2n) is 6.27. The summed E-state index contributed by atoms with van der Waals surface area (Å²) in [5, 5.41) is 9.93. The topological polar surface area (TPSA) is 94.6 Å². The van der Waals surface area contributed by atoms with E-state index in [0.717, 1.165) is 11.7 Å². The van der Waals surface area contributed by atoms with Crippen molar-refractivity contribution in [3.05, 3.63) is 69.5 Å². The van der Waals surface area contributed by atoms with E-state index in [4.69, 9.17) is 5.73 Å². The van der Waals surface area contributed by atoms with Crippen molar-refractivity contribution >= 4 is 22.6 Å². The number of alkyl halides is 2. The Kier molecular flexibility index (Phi) is 5.15. The molecule has 3 rings (SSSR count). The van der Waals surface area contributed by atoms with Gasteiger partial charge in [0.15, 0.2) is 0 Å². The predicted molar refractivity (Wildman–Crippen MR) is 101 cm³/mol. The molecule has 3 aromatic rings. The van der Waals surface area contributed by atoms with Gasteiger partial charge in [0.2, 0.25) is 0 Å². The Hall–Kier alpha value is -3.26. The molecule has 0 fully saturated rings. The summed E-state index contributed by atoms with van der Waals surface area (Å²) in [5.41, 5.74) is 5.49.